The van der Waals surface area contributed by atoms with E-state index in [9.17, 15) is 26.4 Å². The lowest BCUT2D eigenvalue weighted by molar-refractivity contribution is -0.187. The molecule has 10 heteroatoms. The van der Waals surface area contributed by atoms with Crippen molar-refractivity contribution >= 4 is 16.2 Å². The number of carboxylic acid groups (broad SMARTS) is 1. The van der Waals surface area contributed by atoms with E-state index in [0.29, 0.717) is 4.31 Å². The van der Waals surface area contributed by atoms with Crippen LogP contribution in [0.2, 0.25) is 0 Å². The first-order chi connectivity index (χ1) is 10.1. The molecule has 6 nitrogen and oxygen atoms in total. The SMILES string of the molecule is CCN(CC1CC1)S(=O)(=O)N1C[C@@H](C(F)(F)F)[C@H](C(=O)O)C1. The van der Waals surface area contributed by atoms with Crippen LogP contribution in [0, 0.1) is 17.8 Å². The van der Waals surface area contributed by atoms with Crippen LogP contribution in [0.25, 0.3) is 0 Å². The Hall–Kier alpha value is -0.870. The molecule has 0 bridgehead atoms. The van der Waals surface area contributed by atoms with Gasteiger partial charge in [0.15, 0.2) is 0 Å². The molecule has 1 saturated heterocycles. The molecule has 22 heavy (non-hydrogen) atoms. The van der Waals surface area contributed by atoms with Gasteiger partial charge in [0.1, 0.15) is 0 Å². The third kappa shape index (κ3) is 3.54. The molecular weight excluding hydrogens is 325 g/mol. The highest BCUT2D eigenvalue weighted by Crippen LogP contribution is 2.39. The van der Waals surface area contributed by atoms with E-state index in [1.54, 1.807) is 6.92 Å². The molecule has 0 aromatic carbocycles. The molecule has 0 aromatic heterocycles. The second kappa shape index (κ2) is 5.97. The molecule has 2 atom stereocenters. The molecular formula is C12H19F3N2O4S. The fraction of sp³-hybridized carbons (Fsp3) is 0.917. The molecule has 0 spiro atoms. The molecule has 0 radical (unpaired) electrons. The molecule has 2 fully saturated rings. The third-order valence-electron chi connectivity index (χ3n) is 4.19. The van der Waals surface area contributed by atoms with Crippen LogP contribution in [0.3, 0.4) is 0 Å². The summed E-state index contributed by atoms with van der Waals surface area (Å²) >= 11 is 0. The first-order valence-corrected chi connectivity index (χ1v) is 8.51. The van der Waals surface area contributed by atoms with Crippen LogP contribution in [0.4, 0.5) is 13.2 Å². The van der Waals surface area contributed by atoms with E-state index in [2.05, 4.69) is 0 Å². The molecule has 1 aliphatic carbocycles. The van der Waals surface area contributed by atoms with Gasteiger partial charge in [-0.25, -0.2) is 0 Å². The number of alkyl halides is 3. The van der Waals surface area contributed by atoms with Crippen LogP contribution in [0.1, 0.15) is 19.8 Å². The van der Waals surface area contributed by atoms with E-state index in [0.717, 1.165) is 17.1 Å². The molecule has 128 valence electrons. The van der Waals surface area contributed by atoms with Crippen molar-refractivity contribution in [1.29, 1.82) is 0 Å². The maximum atomic E-state index is 12.9. The standard InChI is InChI=1S/C12H19F3N2O4S/c1-2-16(5-8-3-4-8)22(20,21)17-6-9(11(18)19)10(7-17)12(13,14)15/h8-10H,2-7H2,1H3,(H,18,19)/t9-,10-/m1/s1. The van der Waals surface area contributed by atoms with Crippen molar-refractivity contribution in [1.82, 2.24) is 8.61 Å². The molecule has 2 aliphatic rings. The first kappa shape index (κ1) is 17.5. The van der Waals surface area contributed by atoms with Gasteiger partial charge in [-0.3, -0.25) is 4.79 Å². The van der Waals surface area contributed by atoms with E-state index < -0.39 is 47.3 Å². The quantitative estimate of drug-likeness (QED) is 0.784. The lowest BCUT2D eigenvalue weighted by Gasteiger charge is -2.26. The summed E-state index contributed by atoms with van der Waals surface area (Å²) in [7, 11) is -4.06. The number of nitrogens with zero attached hydrogens (tertiary/aromatic N) is 2. The molecule has 1 N–H and O–H groups in total. The monoisotopic (exact) mass is 344 g/mol. The normalized spacial score (nSPS) is 27.5. The molecule has 0 unspecified atom stereocenters. The second-order valence-electron chi connectivity index (χ2n) is 5.81. The molecule has 0 aromatic rings. The molecule has 2 rings (SSSR count). The Morgan fingerprint density at radius 3 is 2.27 bits per heavy atom. The summed E-state index contributed by atoms with van der Waals surface area (Å²) in [5, 5.41) is 8.95. The number of hydrogen-bond donors (Lipinski definition) is 1. The highest BCUT2D eigenvalue weighted by Gasteiger charge is 2.55. The van der Waals surface area contributed by atoms with Crippen LogP contribution in [0.5, 0.6) is 0 Å². The Kier molecular flexibility index (Phi) is 4.74. The van der Waals surface area contributed by atoms with Gasteiger partial charge in [-0.05, 0) is 18.8 Å². The number of carbonyl (C=O) groups is 1. The predicted molar refractivity (Wildman–Crippen MR) is 71.1 cm³/mol. The van der Waals surface area contributed by atoms with Crippen LogP contribution in [-0.2, 0) is 15.0 Å². The fourth-order valence-corrected chi connectivity index (χ4v) is 4.43. The average molecular weight is 344 g/mol. The maximum absolute atomic E-state index is 12.9. The fourth-order valence-electron chi connectivity index (χ4n) is 2.68. The summed E-state index contributed by atoms with van der Waals surface area (Å²) in [6.07, 6.45) is -2.91. The van der Waals surface area contributed by atoms with Gasteiger partial charge in [0.25, 0.3) is 10.2 Å². The zero-order valence-electron chi connectivity index (χ0n) is 12.1. The average Bonchev–Trinajstić information content (AvgIpc) is 3.07. The summed E-state index contributed by atoms with van der Waals surface area (Å²) < 4.78 is 65.5. The number of rotatable bonds is 6. The summed E-state index contributed by atoms with van der Waals surface area (Å²) in [6, 6.07) is 0. The van der Waals surface area contributed by atoms with Crippen LogP contribution < -0.4 is 0 Å². The number of carboxylic acids is 1. The summed E-state index contributed by atoms with van der Waals surface area (Å²) in [5.74, 6) is -5.29. The Bertz CT molecular complexity index is 533. The molecule has 0 amide bonds. The zero-order chi connectivity index (χ0) is 16.7. The maximum Gasteiger partial charge on any atom is 0.393 e. The Morgan fingerprint density at radius 2 is 1.91 bits per heavy atom. The van der Waals surface area contributed by atoms with E-state index in [4.69, 9.17) is 5.11 Å². The van der Waals surface area contributed by atoms with Crippen LogP contribution >= 0.6 is 0 Å². The minimum absolute atomic E-state index is 0.157. The van der Waals surface area contributed by atoms with E-state index in [1.807, 2.05) is 0 Å². The van der Waals surface area contributed by atoms with Gasteiger partial charge in [-0.15, -0.1) is 0 Å². The van der Waals surface area contributed by atoms with Gasteiger partial charge in [0.05, 0.1) is 11.8 Å². The lowest BCUT2D eigenvalue weighted by Crippen LogP contribution is -2.44. The predicted octanol–water partition coefficient (Wildman–Crippen LogP) is 1.16. The Labute approximate surface area is 127 Å². The molecule has 1 heterocycles. The Balaban J connectivity index is 2.19. The molecule has 1 saturated carbocycles. The smallest absolute Gasteiger partial charge is 0.393 e. The van der Waals surface area contributed by atoms with Crippen molar-refractivity contribution in [3.63, 3.8) is 0 Å². The van der Waals surface area contributed by atoms with Gasteiger partial charge < -0.3 is 5.11 Å². The van der Waals surface area contributed by atoms with Crippen molar-refractivity contribution in [3.8, 4) is 0 Å². The second-order valence-corrected chi connectivity index (χ2v) is 7.74. The minimum atomic E-state index is -4.74. The number of hydrogen-bond acceptors (Lipinski definition) is 3. The van der Waals surface area contributed by atoms with Crippen molar-refractivity contribution in [3.05, 3.63) is 0 Å². The Morgan fingerprint density at radius 1 is 1.32 bits per heavy atom. The zero-order valence-corrected chi connectivity index (χ0v) is 12.9. The van der Waals surface area contributed by atoms with Crippen molar-refractivity contribution in [2.45, 2.75) is 25.9 Å². The topological polar surface area (TPSA) is 77.9 Å². The number of aliphatic carboxylic acids is 1. The minimum Gasteiger partial charge on any atom is -0.481 e. The third-order valence-corrected chi connectivity index (χ3v) is 6.20. The van der Waals surface area contributed by atoms with E-state index in [1.165, 1.54) is 0 Å². The van der Waals surface area contributed by atoms with E-state index in [-0.39, 0.29) is 19.0 Å². The highest BCUT2D eigenvalue weighted by molar-refractivity contribution is 7.86. The van der Waals surface area contributed by atoms with Gasteiger partial charge in [0, 0.05) is 26.2 Å². The van der Waals surface area contributed by atoms with Crippen LogP contribution in [0.15, 0.2) is 0 Å². The van der Waals surface area contributed by atoms with Crippen LogP contribution in [-0.4, -0.2) is 60.5 Å². The first-order valence-electron chi connectivity index (χ1n) is 7.12. The van der Waals surface area contributed by atoms with E-state index >= 15 is 0 Å². The van der Waals surface area contributed by atoms with Gasteiger partial charge in [-0.1, -0.05) is 6.92 Å². The lowest BCUT2D eigenvalue weighted by atomic mass is 9.96. The van der Waals surface area contributed by atoms with Crippen molar-refractivity contribution < 1.29 is 31.5 Å². The summed E-state index contributed by atoms with van der Waals surface area (Å²) in [6.45, 7) is 0.590. The van der Waals surface area contributed by atoms with Crippen molar-refractivity contribution in [2.75, 3.05) is 26.2 Å². The largest absolute Gasteiger partial charge is 0.481 e. The summed E-state index contributed by atoms with van der Waals surface area (Å²) in [4.78, 5) is 11.0. The molecule has 1 aliphatic heterocycles. The van der Waals surface area contributed by atoms with Gasteiger partial charge in [-0.2, -0.15) is 30.2 Å². The highest BCUT2D eigenvalue weighted by atomic mass is 32.2. The van der Waals surface area contributed by atoms with Gasteiger partial charge >= 0.3 is 12.1 Å². The summed E-state index contributed by atoms with van der Waals surface area (Å²) in [5.41, 5.74) is 0. The van der Waals surface area contributed by atoms with Crippen molar-refractivity contribution in [2.24, 2.45) is 17.8 Å². The number of halogens is 3. The van der Waals surface area contributed by atoms with Gasteiger partial charge in [0.2, 0.25) is 0 Å².